The van der Waals surface area contributed by atoms with Gasteiger partial charge < -0.3 is 14.8 Å². The number of aliphatic hydroxyl groups is 1. The second kappa shape index (κ2) is 11.5. The molecule has 1 aromatic carbocycles. The number of hydrogen-bond acceptors (Lipinski definition) is 6. The van der Waals surface area contributed by atoms with Crippen LogP contribution in [0.3, 0.4) is 0 Å². The van der Waals surface area contributed by atoms with Crippen LogP contribution in [-0.2, 0) is 4.79 Å². The molecule has 4 fully saturated rings. The van der Waals surface area contributed by atoms with Crippen LogP contribution < -0.4 is 5.56 Å². The molecule has 6 rings (SSSR count). The minimum atomic E-state index is -1.26. The van der Waals surface area contributed by atoms with Crippen molar-refractivity contribution in [3.63, 3.8) is 0 Å². The number of carbonyl (C=O) groups is 1. The van der Waals surface area contributed by atoms with Gasteiger partial charge in [-0.1, -0.05) is 44.2 Å². The maximum Gasteiger partial charge on any atom is 0.356 e. The van der Waals surface area contributed by atoms with Crippen LogP contribution in [0, 0.1) is 11.8 Å². The van der Waals surface area contributed by atoms with Crippen molar-refractivity contribution in [3.05, 3.63) is 40.3 Å². The first-order valence-corrected chi connectivity index (χ1v) is 15.2. The molecule has 8 nitrogen and oxygen atoms in total. The number of aliphatic hydroxyl groups excluding tert-OH is 1. The van der Waals surface area contributed by atoms with E-state index >= 15 is 0 Å². The summed E-state index contributed by atoms with van der Waals surface area (Å²) in [6, 6.07) is 9.19. The van der Waals surface area contributed by atoms with E-state index in [4.69, 9.17) is 5.11 Å². The van der Waals surface area contributed by atoms with Gasteiger partial charge in [0.1, 0.15) is 0 Å². The third-order valence-corrected chi connectivity index (χ3v) is 9.95. The standard InChI is InChI=1S/C31H42N4O4/c36-14-6-13-32-29(31(38)39)28-30(37)35(27-12-4-3-11-26(27)33-28)25-18-22-9-5-10-23(19-25)34(22)24-16-20-7-1-2-8-21(15-20)17-24/h3-4,11-12,20-25,36H,1-2,5-10,13-19H2,(H,38,39)/b32-29-/t20-,21+,22-,23+,24?,25+. The fourth-order valence-electron chi connectivity index (χ4n) is 8.48. The lowest BCUT2D eigenvalue weighted by atomic mass is 9.73. The van der Waals surface area contributed by atoms with Crippen LogP contribution in [0.4, 0.5) is 0 Å². The zero-order chi connectivity index (χ0) is 26.9. The zero-order valence-electron chi connectivity index (χ0n) is 22.9. The summed E-state index contributed by atoms with van der Waals surface area (Å²) >= 11 is 0. The fraction of sp³-hybridized carbons (Fsp3) is 0.677. The molecule has 1 aromatic heterocycles. The van der Waals surface area contributed by atoms with Gasteiger partial charge in [-0.15, -0.1) is 0 Å². The number of rotatable bonds is 7. The minimum absolute atomic E-state index is 0.00838. The predicted molar refractivity (Wildman–Crippen MR) is 151 cm³/mol. The first kappa shape index (κ1) is 26.6. The number of carboxylic acid groups (broad SMARTS) is 1. The molecule has 210 valence electrons. The fourth-order valence-corrected chi connectivity index (χ4v) is 8.48. The molecule has 2 saturated heterocycles. The van der Waals surface area contributed by atoms with Gasteiger partial charge in [0.05, 0.1) is 11.0 Å². The normalized spacial score (nSPS) is 31.7. The maximum atomic E-state index is 14.0. The highest BCUT2D eigenvalue weighted by Crippen LogP contribution is 2.47. The van der Waals surface area contributed by atoms with Crippen molar-refractivity contribution in [2.45, 2.75) is 108 Å². The molecule has 2 aliphatic carbocycles. The Morgan fingerprint density at radius 2 is 1.59 bits per heavy atom. The van der Waals surface area contributed by atoms with Crippen molar-refractivity contribution in [2.24, 2.45) is 16.8 Å². The Morgan fingerprint density at radius 1 is 0.897 bits per heavy atom. The Morgan fingerprint density at radius 3 is 2.26 bits per heavy atom. The highest BCUT2D eigenvalue weighted by atomic mass is 16.4. The highest BCUT2D eigenvalue weighted by Gasteiger charge is 2.45. The third-order valence-electron chi connectivity index (χ3n) is 9.95. The number of aliphatic carboxylic acids is 1. The molecule has 1 unspecified atom stereocenters. The average Bonchev–Trinajstić information content (AvgIpc) is 3.09. The van der Waals surface area contributed by atoms with Crippen molar-refractivity contribution in [2.75, 3.05) is 13.2 Å². The molecule has 2 aromatic rings. The lowest BCUT2D eigenvalue weighted by Crippen LogP contribution is -2.58. The largest absolute Gasteiger partial charge is 0.476 e. The van der Waals surface area contributed by atoms with Gasteiger partial charge in [-0.2, -0.15) is 0 Å². The van der Waals surface area contributed by atoms with E-state index in [1.54, 1.807) is 0 Å². The molecule has 4 bridgehead atoms. The van der Waals surface area contributed by atoms with E-state index < -0.39 is 5.97 Å². The lowest BCUT2D eigenvalue weighted by molar-refractivity contribution is -0.129. The smallest absolute Gasteiger partial charge is 0.356 e. The number of carboxylic acids is 1. The molecule has 8 heteroatoms. The molecule has 4 aliphatic rings. The van der Waals surface area contributed by atoms with Gasteiger partial charge in [0.2, 0.25) is 0 Å². The summed E-state index contributed by atoms with van der Waals surface area (Å²) in [4.78, 5) is 37.8. The summed E-state index contributed by atoms with van der Waals surface area (Å²) in [5, 5.41) is 19.1. The van der Waals surface area contributed by atoms with E-state index in [1.807, 2.05) is 28.8 Å². The van der Waals surface area contributed by atoms with Crippen molar-refractivity contribution >= 4 is 22.7 Å². The Kier molecular flexibility index (Phi) is 7.85. The van der Waals surface area contributed by atoms with Crippen molar-refractivity contribution in [1.29, 1.82) is 0 Å². The zero-order valence-corrected chi connectivity index (χ0v) is 22.9. The van der Waals surface area contributed by atoms with Gasteiger partial charge in [0, 0.05) is 37.3 Å². The van der Waals surface area contributed by atoms with E-state index in [2.05, 4.69) is 14.9 Å². The molecule has 3 heterocycles. The van der Waals surface area contributed by atoms with E-state index in [0.29, 0.717) is 30.1 Å². The summed E-state index contributed by atoms with van der Waals surface area (Å²) in [5.74, 6) is 0.497. The molecule has 0 radical (unpaired) electrons. The first-order valence-electron chi connectivity index (χ1n) is 15.2. The van der Waals surface area contributed by atoms with Gasteiger partial charge in [-0.3, -0.25) is 14.7 Å². The average molecular weight is 535 g/mol. The van der Waals surface area contributed by atoms with E-state index in [0.717, 1.165) is 30.2 Å². The van der Waals surface area contributed by atoms with Crippen LogP contribution in [-0.4, -0.2) is 67.6 Å². The molecule has 2 saturated carbocycles. The van der Waals surface area contributed by atoms with Gasteiger partial charge in [0.15, 0.2) is 11.4 Å². The third kappa shape index (κ3) is 5.30. The lowest BCUT2D eigenvalue weighted by Gasteiger charge is -2.54. The Hall–Kier alpha value is -2.58. The van der Waals surface area contributed by atoms with E-state index in [-0.39, 0.29) is 36.2 Å². The summed E-state index contributed by atoms with van der Waals surface area (Å²) in [6.45, 7) is 0.0492. The van der Waals surface area contributed by atoms with Crippen LogP contribution in [0.1, 0.15) is 95.2 Å². The van der Waals surface area contributed by atoms with Gasteiger partial charge in [-0.05, 0) is 75.3 Å². The Bertz CT molecular complexity index is 1260. The van der Waals surface area contributed by atoms with Crippen LogP contribution in [0.5, 0.6) is 0 Å². The highest BCUT2D eigenvalue weighted by molar-refractivity contribution is 6.42. The second-order valence-electron chi connectivity index (χ2n) is 12.4. The Balaban J connectivity index is 1.35. The predicted octanol–water partition coefficient (Wildman–Crippen LogP) is 4.57. The van der Waals surface area contributed by atoms with E-state index in [1.165, 1.54) is 64.2 Å². The number of nitrogens with zero attached hydrogens (tertiary/aromatic N) is 4. The number of para-hydroxylation sites is 2. The van der Waals surface area contributed by atoms with Crippen molar-refractivity contribution in [1.82, 2.24) is 14.5 Å². The number of hydrogen-bond donors (Lipinski definition) is 2. The minimum Gasteiger partial charge on any atom is -0.476 e. The summed E-state index contributed by atoms with van der Waals surface area (Å²) in [6.07, 6.45) is 15.4. The second-order valence-corrected chi connectivity index (χ2v) is 12.4. The molecule has 2 aliphatic heterocycles. The van der Waals surface area contributed by atoms with Crippen molar-refractivity contribution in [3.8, 4) is 0 Å². The Labute approximate surface area is 230 Å². The summed E-state index contributed by atoms with van der Waals surface area (Å²) < 4.78 is 1.85. The maximum absolute atomic E-state index is 14.0. The van der Waals surface area contributed by atoms with Crippen LogP contribution in [0.25, 0.3) is 11.0 Å². The molecule has 6 atom stereocenters. The molecule has 0 spiro atoms. The molecule has 0 amide bonds. The van der Waals surface area contributed by atoms with Gasteiger partial charge in [-0.25, -0.2) is 9.78 Å². The van der Waals surface area contributed by atoms with Crippen molar-refractivity contribution < 1.29 is 15.0 Å². The summed E-state index contributed by atoms with van der Waals surface area (Å²) in [5.41, 5.74) is 0.622. The molecular weight excluding hydrogens is 492 g/mol. The monoisotopic (exact) mass is 534 g/mol. The quantitative estimate of drug-likeness (QED) is 0.398. The molecular formula is C31H42N4O4. The van der Waals surface area contributed by atoms with Crippen LogP contribution >= 0.6 is 0 Å². The van der Waals surface area contributed by atoms with Gasteiger partial charge >= 0.3 is 5.97 Å². The summed E-state index contributed by atoms with van der Waals surface area (Å²) in [7, 11) is 0. The van der Waals surface area contributed by atoms with Crippen LogP contribution in [0.2, 0.25) is 0 Å². The van der Waals surface area contributed by atoms with Crippen LogP contribution in [0.15, 0.2) is 34.1 Å². The molecule has 39 heavy (non-hydrogen) atoms. The van der Waals surface area contributed by atoms with Gasteiger partial charge in [0.25, 0.3) is 5.56 Å². The number of aliphatic imine (C=N–C) groups is 1. The topological polar surface area (TPSA) is 108 Å². The SMILES string of the molecule is O=C(O)/C(=N\CCCO)c1nc2ccccc2n([C@H]2C[C@H]3CCC[C@@H](C2)N3C2C[C@H]3CCCC[C@@H](C2)C3)c1=O. The number of piperidine rings is 2. The number of aromatic nitrogens is 2. The first-order chi connectivity index (χ1) is 19.0. The molecule has 2 N–H and O–H groups in total. The number of fused-ring (bicyclic) bond motifs is 5. The van der Waals surface area contributed by atoms with E-state index in [9.17, 15) is 14.7 Å². The number of benzene rings is 1.